The fraction of sp³-hybridized carbons (Fsp3) is 0.217. The molecule has 0 aliphatic heterocycles. The number of nitrogens with one attached hydrogen (secondary N) is 1. The van der Waals surface area contributed by atoms with Gasteiger partial charge in [0.15, 0.2) is 5.78 Å². The molecule has 1 heterocycles. The summed E-state index contributed by atoms with van der Waals surface area (Å²) in [5.41, 5.74) is 4.78. The van der Waals surface area contributed by atoms with Crippen LogP contribution in [0.5, 0.6) is 0 Å². The van der Waals surface area contributed by atoms with Crippen LogP contribution in [0.1, 0.15) is 45.8 Å². The van der Waals surface area contributed by atoms with Gasteiger partial charge in [-0.2, -0.15) is 0 Å². The molecule has 2 aromatic carbocycles. The monoisotopic (exact) mass is 386 g/mol. The van der Waals surface area contributed by atoms with Crippen LogP contribution in [-0.2, 0) is 12.8 Å². The van der Waals surface area contributed by atoms with Gasteiger partial charge >= 0.3 is 0 Å². The molecule has 6 nitrogen and oxygen atoms in total. The highest BCUT2D eigenvalue weighted by Crippen LogP contribution is 2.24. The highest BCUT2D eigenvalue weighted by Gasteiger charge is 2.29. The molecule has 0 radical (unpaired) electrons. The summed E-state index contributed by atoms with van der Waals surface area (Å²) < 4.78 is 1.74. The maximum Gasteiger partial charge on any atom is 0.209 e. The van der Waals surface area contributed by atoms with Crippen LogP contribution >= 0.6 is 0 Å². The molecule has 0 amide bonds. The van der Waals surface area contributed by atoms with Gasteiger partial charge in [0, 0.05) is 29.7 Å². The van der Waals surface area contributed by atoms with E-state index in [9.17, 15) is 9.59 Å². The van der Waals surface area contributed by atoms with Gasteiger partial charge in [-0.15, -0.1) is 5.10 Å². The Kier molecular flexibility index (Phi) is 5.08. The van der Waals surface area contributed by atoms with Crippen molar-refractivity contribution in [2.75, 3.05) is 6.54 Å². The van der Waals surface area contributed by atoms with Crippen molar-refractivity contribution in [1.29, 1.82) is 0 Å². The first-order chi connectivity index (χ1) is 14.1. The Morgan fingerprint density at radius 3 is 2.34 bits per heavy atom. The van der Waals surface area contributed by atoms with Gasteiger partial charge in [0.05, 0.1) is 23.3 Å². The van der Waals surface area contributed by atoms with Crippen molar-refractivity contribution in [1.82, 2.24) is 20.3 Å². The third kappa shape index (κ3) is 3.61. The number of allylic oxidation sites excluding steroid dienone is 2. The molecule has 0 saturated heterocycles. The second-order valence-corrected chi connectivity index (χ2v) is 7.06. The molecule has 0 atom stereocenters. The summed E-state index contributed by atoms with van der Waals surface area (Å²) in [6, 6.07) is 15.1. The third-order valence-corrected chi connectivity index (χ3v) is 5.19. The quantitative estimate of drug-likeness (QED) is 0.703. The van der Waals surface area contributed by atoms with Crippen LogP contribution in [0.2, 0.25) is 0 Å². The van der Waals surface area contributed by atoms with E-state index in [1.165, 1.54) is 5.56 Å². The zero-order chi connectivity index (χ0) is 20.4. The van der Waals surface area contributed by atoms with Gasteiger partial charge in [-0.3, -0.25) is 9.59 Å². The second-order valence-electron chi connectivity index (χ2n) is 7.06. The lowest BCUT2D eigenvalue weighted by atomic mass is 9.88. The van der Waals surface area contributed by atoms with Crippen LogP contribution < -0.4 is 5.32 Å². The number of carbonyl (C=O) groups is 2. The van der Waals surface area contributed by atoms with Crippen LogP contribution in [0.15, 0.2) is 66.0 Å². The number of benzene rings is 2. The van der Waals surface area contributed by atoms with Crippen molar-refractivity contribution in [2.24, 2.45) is 0 Å². The largest absolute Gasteiger partial charge is 0.381 e. The number of hydrogen-bond acceptors (Lipinski definition) is 5. The summed E-state index contributed by atoms with van der Waals surface area (Å²) in [5, 5.41) is 11.5. The Morgan fingerprint density at radius 1 is 0.966 bits per heavy atom. The summed E-state index contributed by atoms with van der Waals surface area (Å²) in [6.45, 7) is 4.30. The van der Waals surface area contributed by atoms with Crippen LogP contribution in [0, 0.1) is 0 Å². The molecule has 0 bridgehead atoms. The van der Waals surface area contributed by atoms with Gasteiger partial charge < -0.3 is 5.32 Å². The van der Waals surface area contributed by atoms with Crippen molar-refractivity contribution in [3.8, 4) is 5.69 Å². The van der Waals surface area contributed by atoms with E-state index in [1.807, 2.05) is 18.3 Å². The Morgan fingerprint density at radius 2 is 1.66 bits per heavy atom. The minimum absolute atomic E-state index is 0.107. The fourth-order valence-electron chi connectivity index (χ4n) is 3.45. The van der Waals surface area contributed by atoms with Gasteiger partial charge in [-0.05, 0) is 31.0 Å². The molecular weight excluding hydrogens is 364 g/mol. The number of Topliss-reactive ketones (excluding diaryl/α,β-unsaturated/α-hetero) is 2. The van der Waals surface area contributed by atoms with E-state index >= 15 is 0 Å². The average Bonchev–Trinajstić information content (AvgIpc) is 3.23. The molecule has 1 aliphatic rings. The number of hydrogen-bond donors (Lipinski definition) is 1. The molecule has 3 aromatic rings. The first-order valence-corrected chi connectivity index (χ1v) is 9.72. The number of fused-ring (bicyclic) bond motifs is 1. The molecule has 146 valence electrons. The highest BCUT2D eigenvalue weighted by atomic mass is 16.1. The molecule has 4 rings (SSSR count). The summed E-state index contributed by atoms with van der Waals surface area (Å²) in [6.07, 6.45) is 3.47. The number of nitrogens with zero attached hydrogens (tertiary/aromatic N) is 3. The van der Waals surface area contributed by atoms with Crippen LogP contribution in [-0.4, -0.2) is 33.1 Å². The van der Waals surface area contributed by atoms with E-state index in [2.05, 4.69) is 34.7 Å². The maximum atomic E-state index is 12.8. The zero-order valence-corrected chi connectivity index (χ0v) is 16.5. The number of aryl methyl sites for hydroxylation is 1. The number of aromatic nitrogens is 3. The van der Waals surface area contributed by atoms with E-state index < -0.39 is 0 Å². The lowest BCUT2D eigenvalue weighted by Crippen LogP contribution is -2.30. The van der Waals surface area contributed by atoms with E-state index in [0.717, 1.165) is 17.8 Å². The minimum atomic E-state index is -0.141. The Bertz CT molecular complexity index is 1110. The molecule has 0 saturated carbocycles. The smallest absolute Gasteiger partial charge is 0.209 e. The number of ketones is 2. The Labute approximate surface area is 169 Å². The number of carbonyl (C=O) groups excluding carboxylic acids is 2. The Hall–Kier alpha value is -3.54. The third-order valence-electron chi connectivity index (χ3n) is 5.19. The summed E-state index contributed by atoms with van der Waals surface area (Å²) in [4.78, 5) is 25.3. The lowest BCUT2D eigenvalue weighted by Gasteiger charge is -2.19. The Balaban J connectivity index is 1.43. The second kappa shape index (κ2) is 7.83. The zero-order valence-electron chi connectivity index (χ0n) is 16.5. The van der Waals surface area contributed by atoms with Crippen molar-refractivity contribution in [3.05, 3.63) is 88.4 Å². The van der Waals surface area contributed by atoms with Crippen LogP contribution in [0.25, 0.3) is 5.69 Å². The molecule has 1 aliphatic carbocycles. The molecule has 1 N–H and O–H groups in total. The average molecular weight is 386 g/mol. The first kappa shape index (κ1) is 18.8. The van der Waals surface area contributed by atoms with E-state index in [1.54, 1.807) is 35.9 Å². The minimum Gasteiger partial charge on any atom is -0.381 e. The van der Waals surface area contributed by atoms with Gasteiger partial charge in [-0.1, -0.05) is 48.5 Å². The van der Waals surface area contributed by atoms with Gasteiger partial charge in [-0.25, -0.2) is 4.68 Å². The van der Waals surface area contributed by atoms with E-state index in [-0.39, 0.29) is 11.6 Å². The summed E-state index contributed by atoms with van der Waals surface area (Å²) in [5.74, 6) is -0.249. The lowest BCUT2D eigenvalue weighted by molar-refractivity contribution is 0.0969. The van der Waals surface area contributed by atoms with E-state index in [0.29, 0.717) is 35.4 Å². The number of rotatable bonds is 6. The summed E-state index contributed by atoms with van der Waals surface area (Å²) >= 11 is 0. The molecule has 1 aromatic heterocycles. The van der Waals surface area contributed by atoms with Crippen molar-refractivity contribution < 1.29 is 9.59 Å². The SMILES string of the molecule is CCc1ccc(-n2cc(CCNC3=C(C)C(=O)c4ccccc4C3=O)nn2)cc1. The molecular formula is C23H22N4O2. The van der Waals surface area contributed by atoms with Gasteiger partial charge in [0.25, 0.3) is 0 Å². The summed E-state index contributed by atoms with van der Waals surface area (Å²) in [7, 11) is 0. The van der Waals surface area contributed by atoms with Crippen molar-refractivity contribution >= 4 is 11.6 Å². The molecule has 0 unspecified atom stereocenters. The normalized spacial score (nSPS) is 13.6. The van der Waals surface area contributed by atoms with Crippen molar-refractivity contribution in [3.63, 3.8) is 0 Å². The highest BCUT2D eigenvalue weighted by molar-refractivity contribution is 6.26. The van der Waals surface area contributed by atoms with E-state index in [4.69, 9.17) is 0 Å². The molecule has 29 heavy (non-hydrogen) atoms. The van der Waals surface area contributed by atoms with Gasteiger partial charge in [0.1, 0.15) is 0 Å². The predicted octanol–water partition coefficient (Wildman–Crippen LogP) is 3.32. The molecule has 6 heteroatoms. The standard InChI is InChI=1S/C23H22N4O2/c1-3-16-8-10-18(11-9-16)27-14-17(25-26-27)12-13-24-21-15(2)22(28)19-6-4-5-7-20(19)23(21)29/h4-11,14,24H,3,12-13H2,1-2H3. The first-order valence-electron chi connectivity index (χ1n) is 9.72. The van der Waals surface area contributed by atoms with Crippen molar-refractivity contribution in [2.45, 2.75) is 26.7 Å². The fourth-order valence-corrected chi connectivity index (χ4v) is 3.45. The molecule has 0 spiro atoms. The van der Waals surface area contributed by atoms with Crippen LogP contribution in [0.3, 0.4) is 0 Å². The van der Waals surface area contributed by atoms with Gasteiger partial charge in [0.2, 0.25) is 5.78 Å². The van der Waals surface area contributed by atoms with Crippen LogP contribution in [0.4, 0.5) is 0 Å². The topological polar surface area (TPSA) is 76.9 Å². The predicted molar refractivity (Wildman–Crippen MR) is 110 cm³/mol. The maximum absolute atomic E-state index is 12.8. The molecule has 0 fully saturated rings.